The molecule has 0 radical (unpaired) electrons. The maximum absolute atomic E-state index is 12.3. The second-order valence-electron chi connectivity index (χ2n) is 6.07. The van der Waals surface area contributed by atoms with Gasteiger partial charge in [-0.15, -0.1) is 0 Å². The fourth-order valence-corrected chi connectivity index (χ4v) is 2.99. The van der Waals surface area contributed by atoms with E-state index in [-0.39, 0.29) is 11.9 Å². The third kappa shape index (κ3) is 4.12. The Balaban J connectivity index is 1.60. The molecular weight excluding hydrogens is 312 g/mol. The molecule has 2 aromatic rings. The number of hydrogen-bond donors (Lipinski definition) is 1. The van der Waals surface area contributed by atoms with Gasteiger partial charge in [0.25, 0.3) is 5.91 Å². The van der Waals surface area contributed by atoms with E-state index in [9.17, 15) is 4.79 Å². The summed E-state index contributed by atoms with van der Waals surface area (Å²) in [5.74, 6) is -0.0510. The van der Waals surface area contributed by atoms with E-state index < -0.39 is 0 Å². The lowest BCUT2D eigenvalue weighted by atomic mass is 10.1. The Morgan fingerprint density at radius 1 is 1.35 bits per heavy atom. The normalized spacial score (nSPS) is 16.4. The number of nitrogens with zero attached hydrogens (tertiary/aromatic N) is 3. The van der Waals surface area contributed by atoms with Crippen molar-refractivity contribution in [2.24, 2.45) is 0 Å². The average Bonchev–Trinajstić information content (AvgIpc) is 3.01. The van der Waals surface area contributed by atoms with E-state index in [0.717, 1.165) is 31.5 Å². The fourth-order valence-electron chi connectivity index (χ4n) is 2.79. The van der Waals surface area contributed by atoms with Crippen LogP contribution >= 0.6 is 11.6 Å². The molecule has 0 bridgehead atoms. The van der Waals surface area contributed by atoms with Crippen molar-refractivity contribution < 1.29 is 4.79 Å². The number of halogens is 1. The van der Waals surface area contributed by atoms with E-state index in [1.807, 2.05) is 24.3 Å². The Kier molecular flexibility index (Phi) is 4.98. The molecule has 0 saturated carbocycles. The molecule has 1 aromatic heterocycles. The lowest BCUT2D eigenvalue weighted by Crippen LogP contribution is -2.43. The zero-order valence-electron chi connectivity index (χ0n) is 13.2. The monoisotopic (exact) mass is 332 g/mol. The highest BCUT2D eigenvalue weighted by Gasteiger charge is 2.19. The highest BCUT2D eigenvalue weighted by Crippen LogP contribution is 2.16. The summed E-state index contributed by atoms with van der Waals surface area (Å²) in [6.45, 7) is 2.61. The topological polar surface area (TPSA) is 50.2 Å². The van der Waals surface area contributed by atoms with Crippen molar-refractivity contribution in [3.8, 4) is 0 Å². The molecule has 2 heterocycles. The van der Waals surface area contributed by atoms with E-state index in [4.69, 9.17) is 11.6 Å². The summed E-state index contributed by atoms with van der Waals surface area (Å²) in [5, 5.41) is 8.08. The molecule has 23 heavy (non-hydrogen) atoms. The number of piperidine rings is 1. The summed E-state index contributed by atoms with van der Waals surface area (Å²) >= 11 is 6.16. The first-order chi connectivity index (χ1) is 11.1. The lowest BCUT2D eigenvalue weighted by Gasteiger charge is -2.29. The third-order valence-electron chi connectivity index (χ3n) is 4.24. The summed E-state index contributed by atoms with van der Waals surface area (Å²) in [7, 11) is 2.11. The highest BCUT2D eigenvalue weighted by atomic mass is 35.5. The van der Waals surface area contributed by atoms with Gasteiger partial charge >= 0.3 is 0 Å². The van der Waals surface area contributed by atoms with E-state index in [1.165, 1.54) is 0 Å². The number of hydrogen-bond acceptors (Lipinski definition) is 3. The van der Waals surface area contributed by atoms with Crippen LogP contribution in [0.3, 0.4) is 0 Å². The van der Waals surface area contributed by atoms with Crippen LogP contribution in [0.4, 0.5) is 0 Å². The molecule has 0 spiro atoms. The lowest BCUT2D eigenvalue weighted by molar-refractivity contribution is 0.0917. The van der Waals surface area contributed by atoms with Crippen LogP contribution in [0.1, 0.15) is 28.8 Å². The van der Waals surface area contributed by atoms with Gasteiger partial charge in [0.15, 0.2) is 0 Å². The molecular formula is C17H21ClN4O. The Morgan fingerprint density at radius 3 is 2.83 bits per heavy atom. The number of benzene rings is 1. The fraction of sp³-hybridized carbons (Fsp3) is 0.412. The first-order valence-electron chi connectivity index (χ1n) is 7.87. The molecule has 1 aromatic carbocycles. The Bertz CT molecular complexity index is 677. The largest absolute Gasteiger partial charge is 0.349 e. The highest BCUT2D eigenvalue weighted by molar-refractivity contribution is 6.31. The molecule has 0 unspecified atom stereocenters. The number of amides is 1. The van der Waals surface area contributed by atoms with E-state index in [2.05, 4.69) is 22.4 Å². The molecule has 0 aliphatic carbocycles. The standard InChI is InChI=1S/C17H21ClN4O/c1-21-8-6-15(7-9-21)20-17(23)14-10-19-22(12-14)11-13-4-2-3-5-16(13)18/h2-5,10,12,15H,6-9,11H2,1H3,(H,20,23). The predicted octanol–water partition coefficient (Wildman–Crippen LogP) is 2.41. The van der Waals surface area contributed by atoms with Crippen LogP contribution < -0.4 is 5.32 Å². The van der Waals surface area contributed by atoms with Gasteiger partial charge in [-0.25, -0.2) is 0 Å². The molecule has 0 atom stereocenters. The minimum atomic E-state index is -0.0510. The smallest absolute Gasteiger partial charge is 0.254 e. The number of carbonyl (C=O) groups excluding carboxylic acids is 1. The van der Waals surface area contributed by atoms with E-state index in [1.54, 1.807) is 17.1 Å². The van der Waals surface area contributed by atoms with Crippen molar-refractivity contribution in [1.29, 1.82) is 0 Å². The summed E-state index contributed by atoms with van der Waals surface area (Å²) in [5.41, 5.74) is 1.58. The average molecular weight is 333 g/mol. The van der Waals surface area contributed by atoms with Gasteiger partial charge in [-0.3, -0.25) is 9.48 Å². The maximum atomic E-state index is 12.3. The molecule has 1 N–H and O–H groups in total. The van der Waals surface area contributed by atoms with Gasteiger partial charge in [-0.05, 0) is 44.6 Å². The van der Waals surface area contributed by atoms with E-state index in [0.29, 0.717) is 17.1 Å². The molecule has 1 amide bonds. The molecule has 3 rings (SSSR count). The molecule has 1 fully saturated rings. The maximum Gasteiger partial charge on any atom is 0.254 e. The van der Waals surface area contributed by atoms with Crippen LogP contribution in [0.5, 0.6) is 0 Å². The molecule has 6 heteroatoms. The van der Waals surface area contributed by atoms with Crippen molar-refractivity contribution in [3.63, 3.8) is 0 Å². The molecule has 1 saturated heterocycles. The van der Waals surface area contributed by atoms with Gasteiger partial charge in [0.1, 0.15) is 0 Å². The van der Waals surface area contributed by atoms with Crippen molar-refractivity contribution in [2.75, 3.05) is 20.1 Å². The zero-order valence-corrected chi connectivity index (χ0v) is 14.0. The third-order valence-corrected chi connectivity index (χ3v) is 4.61. The van der Waals surface area contributed by atoms with Crippen molar-refractivity contribution >= 4 is 17.5 Å². The van der Waals surface area contributed by atoms with Crippen molar-refractivity contribution in [3.05, 3.63) is 52.8 Å². The first-order valence-corrected chi connectivity index (χ1v) is 8.25. The van der Waals surface area contributed by atoms with Gasteiger partial charge < -0.3 is 10.2 Å². The minimum Gasteiger partial charge on any atom is -0.349 e. The van der Waals surface area contributed by atoms with Gasteiger partial charge in [-0.2, -0.15) is 5.10 Å². The molecule has 1 aliphatic rings. The van der Waals surface area contributed by atoms with Gasteiger partial charge in [0, 0.05) is 17.3 Å². The summed E-state index contributed by atoms with van der Waals surface area (Å²) < 4.78 is 1.74. The summed E-state index contributed by atoms with van der Waals surface area (Å²) in [6.07, 6.45) is 5.38. The molecule has 5 nitrogen and oxygen atoms in total. The number of nitrogens with one attached hydrogen (secondary N) is 1. The van der Waals surface area contributed by atoms with Crippen LogP contribution in [0, 0.1) is 0 Å². The second kappa shape index (κ2) is 7.15. The van der Waals surface area contributed by atoms with Gasteiger partial charge in [0.05, 0.1) is 18.3 Å². The van der Waals surface area contributed by atoms with Crippen molar-refractivity contribution in [2.45, 2.75) is 25.4 Å². The second-order valence-corrected chi connectivity index (χ2v) is 6.48. The molecule has 1 aliphatic heterocycles. The minimum absolute atomic E-state index is 0.0510. The first kappa shape index (κ1) is 16.0. The zero-order chi connectivity index (χ0) is 16.2. The Hall–Kier alpha value is -1.85. The number of rotatable bonds is 4. The van der Waals surface area contributed by atoms with Crippen LogP contribution in [0.25, 0.3) is 0 Å². The summed E-state index contributed by atoms with van der Waals surface area (Å²) in [4.78, 5) is 14.6. The number of likely N-dealkylation sites (tertiary alicyclic amines) is 1. The van der Waals surface area contributed by atoms with Gasteiger partial charge in [-0.1, -0.05) is 29.8 Å². The van der Waals surface area contributed by atoms with E-state index >= 15 is 0 Å². The Morgan fingerprint density at radius 2 is 2.09 bits per heavy atom. The van der Waals surface area contributed by atoms with Crippen molar-refractivity contribution in [1.82, 2.24) is 20.0 Å². The number of aromatic nitrogens is 2. The van der Waals surface area contributed by atoms with Gasteiger partial charge in [0.2, 0.25) is 0 Å². The predicted molar refractivity (Wildman–Crippen MR) is 90.8 cm³/mol. The molecule has 122 valence electrons. The van der Waals surface area contributed by atoms with Crippen LogP contribution in [0.2, 0.25) is 5.02 Å². The SMILES string of the molecule is CN1CCC(NC(=O)c2cnn(Cc3ccccc3Cl)c2)CC1. The van der Waals surface area contributed by atoms with Crippen LogP contribution in [-0.4, -0.2) is 46.8 Å². The van der Waals surface area contributed by atoms with Crippen LogP contribution in [-0.2, 0) is 6.54 Å². The van der Waals surface area contributed by atoms with Crippen LogP contribution in [0.15, 0.2) is 36.7 Å². The summed E-state index contributed by atoms with van der Waals surface area (Å²) in [6, 6.07) is 7.91. The number of carbonyl (C=O) groups is 1. The Labute approximate surface area is 141 Å². The quantitative estimate of drug-likeness (QED) is 0.935.